The van der Waals surface area contributed by atoms with E-state index in [2.05, 4.69) is 11.2 Å². The summed E-state index contributed by atoms with van der Waals surface area (Å²) in [7, 11) is 0. The van der Waals surface area contributed by atoms with Crippen LogP contribution >= 0.6 is 0 Å². The SMILES string of the molecule is C#CCC(NC(=O)OCC1c2ccccc2-c2ccccc21)C(=O)N(CC(=O)O)Cc1ccccc1. The number of fused-ring (bicyclic) bond motifs is 3. The zero-order valence-electron chi connectivity index (χ0n) is 19.6. The molecule has 7 heteroatoms. The fourth-order valence-electron chi connectivity index (χ4n) is 4.50. The van der Waals surface area contributed by atoms with Gasteiger partial charge in [0.25, 0.3) is 0 Å². The topological polar surface area (TPSA) is 95.9 Å². The van der Waals surface area contributed by atoms with Gasteiger partial charge in [-0.3, -0.25) is 9.59 Å². The van der Waals surface area contributed by atoms with Gasteiger partial charge in [0.15, 0.2) is 0 Å². The second kappa shape index (κ2) is 11.2. The van der Waals surface area contributed by atoms with E-state index in [0.29, 0.717) is 0 Å². The summed E-state index contributed by atoms with van der Waals surface area (Å²) < 4.78 is 5.54. The van der Waals surface area contributed by atoms with Gasteiger partial charge in [-0.05, 0) is 27.8 Å². The van der Waals surface area contributed by atoms with E-state index in [0.717, 1.165) is 32.7 Å². The molecule has 2 amide bonds. The number of hydrogen-bond donors (Lipinski definition) is 2. The maximum Gasteiger partial charge on any atom is 0.407 e. The highest BCUT2D eigenvalue weighted by Crippen LogP contribution is 2.44. The second-order valence-electron chi connectivity index (χ2n) is 8.50. The van der Waals surface area contributed by atoms with Gasteiger partial charge < -0.3 is 20.1 Å². The zero-order chi connectivity index (χ0) is 25.5. The van der Waals surface area contributed by atoms with Crippen molar-refractivity contribution in [3.05, 3.63) is 95.6 Å². The predicted octanol–water partition coefficient (Wildman–Crippen LogP) is 4.03. The highest BCUT2D eigenvalue weighted by atomic mass is 16.5. The lowest BCUT2D eigenvalue weighted by Crippen LogP contribution is -2.49. The molecular formula is C29H26N2O5. The van der Waals surface area contributed by atoms with Crippen LogP contribution in [0.3, 0.4) is 0 Å². The second-order valence-corrected chi connectivity index (χ2v) is 8.50. The summed E-state index contributed by atoms with van der Waals surface area (Å²) in [5.41, 5.74) is 5.10. The summed E-state index contributed by atoms with van der Waals surface area (Å²) in [6.45, 7) is -0.375. The molecule has 7 nitrogen and oxygen atoms in total. The van der Waals surface area contributed by atoms with Crippen molar-refractivity contribution in [1.29, 1.82) is 0 Å². The Hall–Kier alpha value is -4.57. The molecule has 0 fully saturated rings. The van der Waals surface area contributed by atoms with Crippen molar-refractivity contribution < 1.29 is 24.2 Å². The first-order valence-electron chi connectivity index (χ1n) is 11.6. The number of hydrogen-bond acceptors (Lipinski definition) is 4. The van der Waals surface area contributed by atoms with E-state index >= 15 is 0 Å². The standard InChI is InChI=1S/C29H26N2O5/c1-2-10-26(28(34)31(18-27(32)33)17-20-11-4-3-5-12-20)30-29(35)36-19-25-23-15-8-6-13-21(23)22-14-7-9-16-24(22)25/h1,3-9,11-16,25-26H,10,17-19H2,(H,30,35)(H,32,33). The van der Waals surface area contributed by atoms with Crippen LogP contribution in [0.4, 0.5) is 4.79 Å². The van der Waals surface area contributed by atoms with Crippen LogP contribution in [0.25, 0.3) is 11.1 Å². The molecule has 1 aliphatic carbocycles. The normalized spacial score (nSPS) is 12.5. The minimum absolute atomic E-state index is 0.0689. The highest BCUT2D eigenvalue weighted by Gasteiger charge is 2.31. The lowest BCUT2D eigenvalue weighted by atomic mass is 9.98. The van der Waals surface area contributed by atoms with Crippen LogP contribution in [0, 0.1) is 12.3 Å². The molecule has 2 N–H and O–H groups in total. The minimum Gasteiger partial charge on any atom is -0.480 e. The molecule has 0 radical (unpaired) electrons. The molecule has 0 saturated carbocycles. The van der Waals surface area contributed by atoms with Gasteiger partial charge in [0, 0.05) is 18.9 Å². The summed E-state index contributed by atoms with van der Waals surface area (Å²) in [6.07, 6.45) is 4.55. The third kappa shape index (κ3) is 5.56. The van der Waals surface area contributed by atoms with Crippen molar-refractivity contribution >= 4 is 18.0 Å². The van der Waals surface area contributed by atoms with Crippen LogP contribution in [-0.2, 0) is 20.9 Å². The van der Waals surface area contributed by atoms with E-state index < -0.39 is 30.6 Å². The van der Waals surface area contributed by atoms with Crippen LogP contribution in [0.2, 0.25) is 0 Å². The van der Waals surface area contributed by atoms with Crippen LogP contribution in [0.5, 0.6) is 0 Å². The Labute approximate surface area is 209 Å². The molecule has 0 aromatic heterocycles. The molecule has 0 aliphatic heterocycles. The van der Waals surface area contributed by atoms with Crippen LogP contribution in [0.15, 0.2) is 78.9 Å². The first-order valence-corrected chi connectivity index (χ1v) is 11.6. The van der Waals surface area contributed by atoms with Gasteiger partial charge in [0.2, 0.25) is 5.91 Å². The van der Waals surface area contributed by atoms with Gasteiger partial charge in [-0.2, -0.15) is 0 Å². The van der Waals surface area contributed by atoms with Crippen molar-refractivity contribution in [2.24, 2.45) is 0 Å². The smallest absolute Gasteiger partial charge is 0.407 e. The van der Waals surface area contributed by atoms with E-state index in [1.54, 1.807) is 24.3 Å². The van der Waals surface area contributed by atoms with Crippen LogP contribution in [-0.4, -0.2) is 47.2 Å². The van der Waals surface area contributed by atoms with Crippen LogP contribution < -0.4 is 5.32 Å². The molecule has 182 valence electrons. The largest absolute Gasteiger partial charge is 0.480 e. The summed E-state index contributed by atoms with van der Waals surface area (Å²) >= 11 is 0. The van der Waals surface area contributed by atoms with Gasteiger partial charge in [-0.25, -0.2) is 4.79 Å². The maximum atomic E-state index is 13.2. The third-order valence-electron chi connectivity index (χ3n) is 6.11. The van der Waals surface area contributed by atoms with E-state index in [1.807, 2.05) is 54.6 Å². The number of carboxylic acids is 1. The van der Waals surface area contributed by atoms with E-state index in [-0.39, 0.29) is 25.5 Å². The first-order chi connectivity index (χ1) is 17.5. The lowest BCUT2D eigenvalue weighted by molar-refractivity contribution is -0.145. The molecule has 36 heavy (non-hydrogen) atoms. The van der Waals surface area contributed by atoms with E-state index in [1.165, 1.54) is 0 Å². The molecule has 4 rings (SSSR count). The molecule has 0 heterocycles. The number of alkyl carbamates (subject to hydrolysis) is 1. The number of ether oxygens (including phenoxy) is 1. The summed E-state index contributed by atoms with van der Waals surface area (Å²) in [4.78, 5) is 38.5. The van der Waals surface area contributed by atoms with Gasteiger partial charge >= 0.3 is 12.1 Å². The predicted molar refractivity (Wildman–Crippen MR) is 135 cm³/mol. The van der Waals surface area contributed by atoms with Crippen molar-refractivity contribution in [2.45, 2.75) is 24.9 Å². The van der Waals surface area contributed by atoms with Crippen molar-refractivity contribution in [1.82, 2.24) is 10.2 Å². The fourth-order valence-corrected chi connectivity index (χ4v) is 4.50. The number of aliphatic carboxylic acids is 1. The number of carboxylic acid groups (broad SMARTS) is 1. The number of carbonyl (C=O) groups excluding carboxylic acids is 2. The van der Waals surface area contributed by atoms with E-state index in [4.69, 9.17) is 11.2 Å². The molecule has 1 aliphatic rings. The van der Waals surface area contributed by atoms with Crippen LogP contribution in [0.1, 0.15) is 29.0 Å². The quantitative estimate of drug-likeness (QED) is 0.449. The van der Waals surface area contributed by atoms with Gasteiger partial charge in [0.05, 0.1) is 0 Å². The maximum absolute atomic E-state index is 13.2. The highest BCUT2D eigenvalue weighted by molar-refractivity contribution is 5.88. The number of rotatable bonds is 9. The van der Waals surface area contributed by atoms with Crippen molar-refractivity contribution in [3.63, 3.8) is 0 Å². The van der Waals surface area contributed by atoms with Gasteiger partial charge in [0.1, 0.15) is 19.2 Å². The molecule has 0 saturated heterocycles. The van der Waals surface area contributed by atoms with Crippen molar-refractivity contribution in [2.75, 3.05) is 13.2 Å². The zero-order valence-corrected chi connectivity index (χ0v) is 19.6. The monoisotopic (exact) mass is 482 g/mol. The molecule has 3 aromatic rings. The Morgan fingerprint density at radius 2 is 1.53 bits per heavy atom. The minimum atomic E-state index is -1.17. The molecule has 1 atom stereocenters. The van der Waals surface area contributed by atoms with Gasteiger partial charge in [-0.1, -0.05) is 78.9 Å². The summed E-state index contributed by atoms with van der Waals surface area (Å²) in [5, 5.41) is 11.9. The lowest BCUT2D eigenvalue weighted by Gasteiger charge is -2.26. The Morgan fingerprint density at radius 3 is 2.11 bits per heavy atom. The fraction of sp³-hybridized carbons (Fsp3) is 0.207. The third-order valence-corrected chi connectivity index (χ3v) is 6.11. The first kappa shape index (κ1) is 24.6. The number of nitrogens with zero attached hydrogens (tertiary/aromatic N) is 1. The number of amides is 2. The molecule has 1 unspecified atom stereocenters. The summed E-state index contributed by atoms with van der Waals surface area (Å²) in [5.74, 6) is 0.494. The Bertz CT molecular complexity index is 1250. The molecule has 3 aromatic carbocycles. The Balaban J connectivity index is 1.44. The number of terminal acetylenes is 1. The molecule has 0 spiro atoms. The average molecular weight is 483 g/mol. The number of carbonyl (C=O) groups is 3. The summed E-state index contributed by atoms with van der Waals surface area (Å²) in [6, 6.07) is 23.8. The Kier molecular flexibility index (Phi) is 7.66. The van der Waals surface area contributed by atoms with Crippen molar-refractivity contribution in [3.8, 4) is 23.5 Å². The molecular weight excluding hydrogens is 456 g/mol. The average Bonchev–Trinajstić information content (AvgIpc) is 3.20. The number of nitrogens with one attached hydrogen (secondary N) is 1. The number of benzene rings is 3. The Morgan fingerprint density at radius 1 is 0.944 bits per heavy atom. The van der Waals surface area contributed by atoms with Gasteiger partial charge in [-0.15, -0.1) is 12.3 Å². The van der Waals surface area contributed by atoms with E-state index in [9.17, 15) is 19.5 Å². The molecule has 0 bridgehead atoms.